The Balaban J connectivity index is 1.86. The fraction of sp³-hybridized carbons (Fsp3) is 0.462. The van der Waals surface area contributed by atoms with E-state index in [9.17, 15) is 0 Å². The third-order valence-corrected chi connectivity index (χ3v) is 3.42. The van der Waals surface area contributed by atoms with Gasteiger partial charge in [-0.25, -0.2) is 4.68 Å². The van der Waals surface area contributed by atoms with E-state index >= 15 is 0 Å². The van der Waals surface area contributed by atoms with Crippen LogP contribution >= 0.6 is 0 Å². The molecule has 0 radical (unpaired) electrons. The Hall–Kier alpha value is -2.15. The molecule has 106 valence electrons. The van der Waals surface area contributed by atoms with Crippen molar-refractivity contribution in [2.75, 3.05) is 19.5 Å². The minimum Gasteiger partial charge on any atom is -0.495 e. The van der Waals surface area contributed by atoms with Gasteiger partial charge in [0.05, 0.1) is 25.4 Å². The number of ether oxygens (including phenoxy) is 2. The van der Waals surface area contributed by atoms with Gasteiger partial charge >= 0.3 is 0 Å². The van der Waals surface area contributed by atoms with Crippen molar-refractivity contribution in [2.45, 2.75) is 25.5 Å². The van der Waals surface area contributed by atoms with Crippen LogP contribution in [-0.4, -0.2) is 40.0 Å². The van der Waals surface area contributed by atoms with Crippen molar-refractivity contribution in [1.82, 2.24) is 20.2 Å². The zero-order valence-electron chi connectivity index (χ0n) is 11.3. The number of rotatable bonds is 4. The van der Waals surface area contributed by atoms with Crippen LogP contribution in [0.4, 0.5) is 5.69 Å². The van der Waals surface area contributed by atoms with Gasteiger partial charge in [0.25, 0.3) is 0 Å². The lowest BCUT2D eigenvalue weighted by molar-refractivity contribution is 0.0939. The summed E-state index contributed by atoms with van der Waals surface area (Å²) >= 11 is 0. The summed E-state index contributed by atoms with van der Waals surface area (Å²) in [5.41, 5.74) is 7.36. The topological polar surface area (TPSA) is 88.1 Å². The van der Waals surface area contributed by atoms with Crippen molar-refractivity contribution in [1.29, 1.82) is 0 Å². The maximum absolute atomic E-state index is 5.92. The summed E-state index contributed by atoms with van der Waals surface area (Å²) in [6.07, 6.45) is 2.33. The first-order valence-electron chi connectivity index (χ1n) is 6.59. The molecular weight excluding hydrogens is 258 g/mol. The van der Waals surface area contributed by atoms with E-state index in [0.29, 0.717) is 23.8 Å². The average Bonchev–Trinajstić information content (AvgIpc) is 3.11. The van der Waals surface area contributed by atoms with Gasteiger partial charge in [-0.1, -0.05) is 0 Å². The second-order valence-corrected chi connectivity index (χ2v) is 4.78. The van der Waals surface area contributed by atoms with E-state index < -0.39 is 0 Å². The number of nitrogen functional groups attached to an aromatic ring is 1. The number of hydrogen-bond acceptors (Lipinski definition) is 6. The predicted molar refractivity (Wildman–Crippen MR) is 73.2 cm³/mol. The van der Waals surface area contributed by atoms with Crippen molar-refractivity contribution >= 4 is 5.69 Å². The van der Waals surface area contributed by atoms with Crippen LogP contribution in [0.1, 0.15) is 12.8 Å². The molecule has 1 aliphatic heterocycles. The molecule has 1 aliphatic rings. The van der Waals surface area contributed by atoms with Crippen molar-refractivity contribution in [3.63, 3.8) is 0 Å². The summed E-state index contributed by atoms with van der Waals surface area (Å²) in [4.78, 5) is 0. The first kappa shape index (κ1) is 12.9. The van der Waals surface area contributed by atoms with E-state index in [0.717, 1.165) is 25.0 Å². The maximum atomic E-state index is 5.92. The summed E-state index contributed by atoms with van der Waals surface area (Å²) in [6, 6.07) is 5.53. The van der Waals surface area contributed by atoms with Crippen LogP contribution in [0.5, 0.6) is 5.75 Å². The molecule has 0 spiro atoms. The van der Waals surface area contributed by atoms with Gasteiger partial charge in [0.1, 0.15) is 5.75 Å². The zero-order chi connectivity index (χ0) is 13.9. The van der Waals surface area contributed by atoms with E-state index in [-0.39, 0.29) is 6.10 Å². The number of hydrogen-bond donors (Lipinski definition) is 1. The van der Waals surface area contributed by atoms with Gasteiger partial charge < -0.3 is 15.2 Å². The number of anilines is 1. The fourth-order valence-corrected chi connectivity index (χ4v) is 2.39. The average molecular weight is 275 g/mol. The maximum Gasteiger partial charge on any atom is 0.182 e. The Morgan fingerprint density at radius 2 is 2.40 bits per heavy atom. The standard InChI is InChI=1S/C13H17N5O2/c1-19-12-5-4-9(7-11(12)14)13-15-16-17-18(13)8-10-3-2-6-20-10/h4-5,7,10H,2-3,6,8,14H2,1H3. The Morgan fingerprint density at radius 1 is 1.50 bits per heavy atom. The van der Waals surface area contributed by atoms with Crippen LogP contribution in [0.3, 0.4) is 0 Å². The summed E-state index contributed by atoms with van der Waals surface area (Å²) in [6.45, 7) is 1.48. The molecule has 3 rings (SSSR count). The zero-order valence-corrected chi connectivity index (χ0v) is 11.3. The second-order valence-electron chi connectivity index (χ2n) is 4.78. The van der Waals surface area contributed by atoms with Gasteiger partial charge in [0.15, 0.2) is 5.82 Å². The van der Waals surface area contributed by atoms with Gasteiger partial charge in [-0.15, -0.1) is 5.10 Å². The van der Waals surface area contributed by atoms with Crippen molar-refractivity contribution in [3.05, 3.63) is 18.2 Å². The van der Waals surface area contributed by atoms with Crippen molar-refractivity contribution in [3.8, 4) is 17.1 Å². The minimum atomic E-state index is 0.188. The van der Waals surface area contributed by atoms with Crippen LogP contribution < -0.4 is 10.5 Å². The molecule has 1 unspecified atom stereocenters. The number of nitrogens with two attached hydrogens (primary N) is 1. The highest BCUT2D eigenvalue weighted by Crippen LogP contribution is 2.27. The first-order valence-corrected chi connectivity index (χ1v) is 6.59. The normalized spacial score (nSPS) is 18.4. The van der Waals surface area contributed by atoms with Crippen LogP contribution in [0.15, 0.2) is 18.2 Å². The fourth-order valence-electron chi connectivity index (χ4n) is 2.39. The van der Waals surface area contributed by atoms with Gasteiger partial charge in [0, 0.05) is 12.2 Å². The predicted octanol–water partition coefficient (Wildman–Crippen LogP) is 1.11. The Kier molecular flexibility index (Phi) is 3.51. The summed E-state index contributed by atoms with van der Waals surface area (Å²) in [7, 11) is 1.59. The van der Waals surface area contributed by atoms with E-state index in [1.54, 1.807) is 11.8 Å². The highest BCUT2D eigenvalue weighted by molar-refractivity contribution is 5.66. The monoisotopic (exact) mass is 275 g/mol. The number of nitrogens with zero attached hydrogens (tertiary/aromatic N) is 4. The molecule has 0 bridgehead atoms. The molecule has 1 atom stereocenters. The Labute approximate surface area is 116 Å². The first-order chi connectivity index (χ1) is 9.78. The summed E-state index contributed by atoms with van der Waals surface area (Å²) < 4.78 is 12.5. The molecule has 2 aromatic rings. The molecule has 7 heteroatoms. The SMILES string of the molecule is COc1ccc(-c2nnnn2CC2CCCO2)cc1N. The third-order valence-electron chi connectivity index (χ3n) is 3.42. The van der Waals surface area contributed by atoms with E-state index in [1.807, 2.05) is 18.2 Å². The second kappa shape index (κ2) is 5.46. The van der Waals surface area contributed by atoms with Crippen molar-refractivity contribution in [2.24, 2.45) is 0 Å². The molecule has 1 saturated heterocycles. The highest BCUT2D eigenvalue weighted by Gasteiger charge is 2.19. The van der Waals surface area contributed by atoms with Gasteiger partial charge in [-0.2, -0.15) is 0 Å². The number of benzene rings is 1. The molecule has 1 aromatic heterocycles. The van der Waals surface area contributed by atoms with Crippen LogP contribution in [0, 0.1) is 0 Å². The summed E-state index contributed by atoms with van der Waals surface area (Å²) in [5, 5.41) is 11.9. The van der Waals surface area contributed by atoms with Crippen LogP contribution in [0.2, 0.25) is 0 Å². The van der Waals surface area contributed by atoms with Crippen LogP contribution in [-0.2, 0) is 11.3 Å². The number of methoxy groups -OCH3 is 1. The van der Waals surface area contributed by atoms with E-state index in [2.05, 4.69) is 15.5 Å². The van der Waals surface area contributed by atoms with Gasteiger partial charge in [-0.3, -0.25) is 0 Å². The number of aromatic nitrogens is 4. The molecule has 2 N–H and O–H groups in total. The lowest BCUT2D eigenvalue weighted by Gasteiger charge is -2.11. The molecule has 7 nitrogen and oxygen atoms in total. The van der Waals surface area contributed by atoms with E-state index in [1.165, 1.54) is 0 Å². The van der Waals surface area contributed by atoms with Crippen LogP contribution in [0.25, 0.3) is 11.4 Å². The molecule has 2 heterocycles. The smallest absolute Gasteiger partial charge is 0.182 e. The summed E-state index contributed by atoms with van der Waals surface area (Å²) in [5.74, 6) is 1.33. The third kappa shape index (κ3) is 2.44. The molecule has 0 amide bonds. The molecule has 1 fully saturated rings. The van der Waals surface area contributed by atoms with Gasteiger partial charge in [-0.05, 0) is 41.5 Å². The number of tetrazole rings is 1. The molecular formula is C13H17N5O2. The molecule has 0 saturated carbocycles. The molecule has 20 heavy (non-hydrogen) atoms. The molecule has 1 aromatic carbocycles. The lowest BCUT2D eigenvalue weighted by Crippen LogP contribution is -2.17. The van der Waals surface area contributed by atoms with Crippen molar-refractivity contribution < 1.29 is 9.47 Å². The quantitative estimate of drug-likeness (QED) is 0.841. The largest absolute Gasteiger partial charge is 0.495 e. The Bertz CT molecular complexity index is 592. The minimum absolute atomic E-state index is 0.188. The van der Waals surface area contributed by atoms with E-state index in [4.69, 9.17) is 15.2 Å². The van der Waals surface area contributed by atoms with Gasteiger partial charge in [0.2, 0.25) is 0 Å². The highest BCUT2D eigenvalue weighted by atomic mass is 16.5. The lowest BCUT2D eigenvalue weighted by atomic mass is 10.1. The molecule has 0 aliphatic carbocycles. The Morgan fingerprint density at radius 3 is 3.10 bits per heavy atom.